The van der Waals surface area contributed by atoms with Crippen LogP contribution in [-0.4, -0.2) is 18.5 Å². The Morgan fingerprint density at radius 1 is 1.22 bits per heavy atom. The first-order valence-corrected chi connectivity index (χ1v) is 6.05. The quantitative estimate of drug-likeness (QED) is 0.498. The van der Waals surface area contributed by atoms with E-state index in [1.54, 1.807) is 7.11 Å². The molecule has 1 aliphatic carbocycles. The number of rotatable bonds is 4. The molecule has 0 saturated heterocycles. The van der Waals surface area contributed by atoms with Gasteiger partial charge in [-0.15, -0.1) is 0 Å². The van der Waals surface area contributed by atoms with Gasteiger partial charge in [-0.1, -0.05) is 29.4 Å². The summed E-state index contributed by atoms with van der Waals surface area (Å²) in [6.45, 7) is 0. The third-order valence-electron chi connectivity index (χ3n) is 3.09. The molecule has 0 amide bonds. The highest BCUT2D eigenvalue weighted by atomic mass is 16.5. The Kier molecular flexibility index (Phi) is 4.18. The zero-order valence-corrected chi connectivity index (χ0v) is 10.5. The SMILES string of the molecule is COc1cccc(/C=C/C2=C(/C=N/O)CCC2)c1. The highest BCUT2D eigenvalue weighted by Crippen LogP contribution is 2.26. The highest BCUT2D eigenvalue weighted by molar-refractivity contribution is 5.81. The van der Waals surface area contributed by atoms with E-state index in [2.05, 4.69) is 17.3 Å². The third kappa shape index (κ3) is 3.00. The number of allylic oxidation sites excluding steroid dienone is 3. The van der Waals surface area contributed by atoms with Crippen molar-refractivity contribution < 1.29 is 9.94 Å². The van der Waals surface area contributed by atoms with E-state index in [0.29, 0.717) is 0 Å². The molecule has 2 rings (SSSR count). The van der Waals surface area contributed by atoms with Crippen LogP contribution in [0.1, 0.15) is 24.8 Å². The lowest BCUT2D eigenvalue weighted by Crippen LogP contribution is -1.84. The predicted molar refractivity (Wildman–Crippen MR) is 73.2 cm³/mol. The number of hydrogen-bond donors (Lipinski definition) is 1. The molecule has 1 aromatic rings. The van der Waals surface area contributed by atoms with E-state index in [-0.39, 0.29) is 0 Å². The topological polar surface area (TPSA) is 41.8 Å². The summed E-state index contributed by atoms with van der Waals surface area (Å²) in [4.78, 5) is 0. The lowest BCUT2D eigenvalue weighted by atomic mass is 10.1. The van der Waals surface area contributed by atoms with Crippen molar-refractivity contribution in [1.82, 2.24) is 0 Å². The van der Waals surface area contributed by atoms with Gasteiger partial charge in [-0.2, -0.15) is 0 Å². The van der Waals surface area contributed by atoms with Crippen LogP contribution in [0.5, 0.6) is 5.75 Å². The minimum absolute atomic E-state index is 0.856. The number of methoxy groups -OCH3 is 1. The maximum Gasteiger partial charge on any atom is 0.119 e. The lowest BCUT2D eigenvalue weighted by Gasteiger charge is -2.00. The average Bonchev–Trinajstić information content (AvgIpc) is 2.85. The van der Waals surface area contributed by atoms with Gasteiger partial charge in [-0.25, -0.2) is 0 Å². The van der Waals surface area contributed by atoms with Crippen molar-refractivity contribution in [2.24, 2.45) is 5.16 Å². The zero-order chi connectivity index (χ0) is 12.8. The van der Waals surface area contributed by atoms with Crippen LogP contribution in [0.4, 0.5) is 0 Å². The average molecular weight is 243 g/mol. The smallest absolute Gasteiger partial charge is 0.119 e. The van der Waals surface area contributed by atoms with Crippen LogP contribution in [-0.2, 0) is 0 Å². The molecule has 0 saturated carbocycles. The summed E-state index contributed by atoms with van der Waals surface area (Å²) >= 11 is 0. The van der Waals surface area contributed by atoms with Crippen LogP contribution in [0.3, 0.4) is 0 Å². The molecule has 0 bridgehead atoms. The third-order valence-corrected chi connectivity index (χ3v) is 3.09. The first-order valence-electron chi connectivity index (χ1n) is 6.05. The van der Waals surface area contributed by atoms with Gasteiger partial charge in [-0.05, 0) is 48.1 Å². The molecule has 0 aromatic heterocycles. The summed E-state index contributed by atoms with van der Waals surface area (Å²) in [6.07, 6.45) is 8.86. The van der Waals surface area contributed by atoms with Crippen molar-refractivity contribution in [3.05, 3.63) is 47.1 Å². The van der Waals surface area contributed by atoms with Gasteiger partial charge in [0.15, 0.2) is 0 Å². The Bertz CT molecular complexity index is 501. The van der Waals surface area contributed by atoms with Gasteiger partial charge >= 0.3 is 0 Å². The largest absolute Gasteiger partial charge is 0.497 e. The van der Waals surface area contributed by atoms with Crippen molar-refractivity contribution in [3.63, 3.8) is 0 Å². The molecule has 0 heterocycles. The summed E-state index contributed by atoms with van der Waals surface area (Å²) in [5, 5.41) is 11.7. The van der Waals surface area contributed by atoms with Crippen molar-refractivity contribution in [1.29, 1.82) is 0 Å². The molecule has 3 heteroatoms. The van der Waals surface area contributed by atoms with E-state index in [0.717, 1.165) is 36.1 Å². The molecule has 0 unspecified atom stereocenters. The first-order chi connectivity index (χ1) is 8.83. The molecule has 0 spiro atoms. The summed E-state index contributed by atoms with van der Waals surface area (Å²) in [5.41, 5.74) is 3.47. The summed E-state index contributed by atoms with van der Waals surface area (Å²) < 4.78 is 5.19. The van der Waals surface area contributed by atoms with E-state index in [1.165, 1.54) is 11.8 Å². The molecule has 94 valence electrons. The van der Waals surface area contributed by atoms with Crippen LogP contribution < -0.4 is 4.74 Å². The minimum Gasteiger partial charge on any atom is -0.497 e. The van der Waals surface area contributed by atoms with Crippen molar-refractivity contribution in [2.75, 3.05) is 7.11 Å². The number of oxime groups is 1. The Balaban J connectivity index is 2.17. The number of benzene rings is 1. The number of hydrogen-bond acceptors (Lipinski definition) is 3. The normalized spacial score (nSPS) is 16.1. The fraction of sp³-hybridized carbons (Fsp3) is 0.267. The van der Waals surface area contributed by atoms with Gasteiger partial charge in [0, 0.05) is 0 Å². The maximum absolute atomic E-state index is 8.59. The Hall–Kier alpha value is -2.03. The number of ether oxygens (including phenoxy) is 1. The van der Waals surface area contributed by atoms with Crippen LogP contribution >= 0.6 is 0 Å². The summed E-state index contributed by atoms with van der Waals surface area (Å²) in [7, 11) is 1.66. The van der Waals surface area contributed by atoms with E-state index >= 15 is 0 Å². The number of nitrogens with zero attached hydrogens (tertiary/aromatic N) is 1. The summed E-state index contributed by atoms with van der Waals surface area (Å²) in [6, 6.07) is 7.92. The molecule has 1 N–H and O–H groups in total. The van der Waals surface area contributed by atoms with Gasteiger partial charge in [0.2, 0.25) is 0 Å². The second kappa shape index (κ2) is 6.05. The standard InChI is InChI=1S/C15H17NO2/c1-18-15-7-2-4-12(10-15)8-9-13-5-3-6-14(13)11-16-17/h2,4,7-11,17H,3,5-6H2,1H3/b9-8+,16-11+. The molecular weight excluding hydrogens is 226 g/mol. The van der Waals surface area contributed by atoms with Crippen LogP contribution in [0.2, 0.25) is 0 Å². The monoisotopic (exact) mass is 243 g/mol. The predicted octanol–water partition coefficient (Wildman–Crippen LogP) is 3.65. The molecule has 0 radical (unpaired) electrons. The summed E-state index contributed by atoms with van der Waals surface area (Å²) in [5.74, 6) is 0.856. The fourth-order valence-corrected chi connectivity index (χ4v) is 2.14. The van der Waals surface area contributed by atoms with Crippen LogP contribution in [0.15, 0.2) is 46.6 Å². The molecule has 1 aliphatic rings. The van der Waals surface area contributed by atoms with E-state index in [4.69, 9.17) is 9.94 Å². The molecular formula is C15H17NO2. The van der Waals surface area contributed by atoms with Crippen molar-refractivity contribution >= 4 is 12.3 Å². The molecule has 0 fully saturated rings. The first kappa shape index (κ1) is 12.4. The second-order valence-electron chi connectivity index (χ2n) is 4.26. The Labute approximate surface area is 107 Å². The molecule has 3 nitrogen and oxygen atoms in total. The van der Waals surface area contributed by atoms with Crippen molar-refractivity contribution in [3.8, 4) is 5.75 Å². The fourth-order valence-electron chi connectivity index (χ4n) is 2.14. The minimum atomic E-state index is 0.856. The Morgan fingerprint density at radius 2 is 2.06 bits per heavy atom. The van der Waals surface area contributed by atoms with E-state index in [1.807, 2.05) is 24.3 Å². The van der Waals surface area contributed by atoms with Gasteiger partial charge < -0.3 is 9.94 Å². The van der Waals surface area contributed by atoms with Gasteiger partial charge in [-0.3, -0.25) is 0 Å². The molecule has 0 atom stereocenters. The van der Waals surface area contributed by atoms with E-state index in [9.17, 15) is 0 Å². The molecule has 1 aromatic carbocycles. The maximum atomic E-state index is 8.59. The van der Waals surface area contributed by atoms with Crippen LogP contribution in [0.25, 0.3) is 6.08 Å². The van der Waals surface area contributed by atoms with E-state index < -0.39 is 0 Å². The molecule has 18 heavy (non-hydrogen) atoms. The molecule has 0 aliphatic heterocycles. The zero-order valence-electron chi connectivity index (χ0n) is 10.5. The van der Waals surface area contributed by atoms with Gasteiger partial charge in [0.25, 0.3) is 0 Å². The van der Waals surface area contributed by atoms with Crippen molar-refractivity contribution in [2.45, 2.75) is 19.3 Å². The van der Waals surface area contributed by atoms with Gasteiger partial charge in [0.1, 0.15) is 5.75 Å². The second-order valence-corrected chi connectivity index (χ2v) is 4.26. The van der Waals surface area contributed by atoms with Gasteiger partial charge in [0.05, 0.1) is 13.3 Å². The highest BCUT2D eigenvalue weighted by Gasteiger charge is 2.10. The van der Waals surface area contributed by atoms with Crippen LogP contribution in [0, 0.1) is 0 Å². The lowest BCUT2D eigenvalue weighted by molar-refractivity contribution is 0.321. The Morgan fingerprint density at radius 3 is 2.83 bits per heavy atom.